The average Bonchev–Trinajstić information content (AvgIpc) is 2.13. The summed E-state index contributed by atoms with van der Waals surface area (Å²) in [6.07, 6.45) is 0.705. The van der Waals surface area contributed by atoms with Crippen LogP contribution >= 0.6 is 0 Å². The van der Waals surface area contributed by atoms with E-state index in [1.165, 1.54) is 6.07 Å². The number of anilines is 1. The van der Waals surface area contributed by atoms with Crippen LogP contribution in [0.4, 0.5) is 5.82 Å². The summed E-state index contributed by atoms with van der Waals surface area (Å²) in [4.78, 5) is 18.1. The van der Waals surface area contributed by atoms with Gasteiger partial charge in [0.2, 0.25) is 0 Å². The molecule has 0 aliphatic heterocycles. The van der Waals surface area contributed by atoms with Crippen molar-refractivity contribution in [3.63, 3.8) is 0 Å². The normalized spacial score (nSPS) is 11.5. The molecule has 0 aromatic carbocycles. The van der Waals surface area contributed by atoms with E-state index in [0.717, 1.165) is 0 Å². The predicted octanol–water partition coefficient (Wildman–Crippen LogP) is 0.481. The fourth-order valence-electron chi connectivity index (χ4n) is 1.08. The van der Waals surface area contributed by atoms with Gasteiger partial charge in [-0.1, -0.05) is 6.92 Å². The van der Waals surface area contributed by atoms with Crippen LogP contribution in [0.5, 0.6) is 0 Å². The molecule has 84 valence electrons. The smallest absolute Gasteiger partial charge is 0.252 e. The monoisotopic (exact) mass is 210 g/mol. The second kappa shape index (κ2) is 4.44. The number of aromatic nitrogens is 2. The predicted molar refractivity (Wildman–Crippen MR) is 61.0 cm³/mol. The van der Waals surface area contributed by atoms with Gasteiger partial charge in [-0.3, -0.25) is 4.79 Å². The summed E-state index contributed by atoms with van der Waals surface area (Å²) in [6, 6.07) is 1.44. The van der Waals surface area contributed by atoms with Gasteiger partial charge in [0.15, 0.2) is 0 Å². The van der Waals surface area contributed by atoms with Crippen LogP contribution in [0.25, 0.3) is 0 Å². The molecule has 0 aliphatic rings. The van der Waals surface area contributed by atoms with Gasteiger partial charge in [0.25, 0.3) is 5.56 Å². The minimum absolute atomic E-state index is 0.140. The molecule has 0 saturated carbocycles. The maximum Gasteiger partial charge on any atom is 0.252 e. The summed E-state index contributed by atoms with van der Waals surface area (Å²) < 4.78 is 0. The van der Waals surface area contributed by atoms with E-state index in [2.05, 4.69) is 15.3 Å². The Bertz CT molecular complexity index is 378. The molecular weight excluding hydrogens is 192 g/mol. The van der Waals surface area contributed by atoms with Gasteiger partial charge in [-0.05, 0) is 13.8 Å². The molecule has 0 unspecified atom stereocenters. The van der Waals surface area contributed by atoms with E-state index in [1.807, 2.05) is 20.8 Å². The van der Waals surface area contributed by atoms with Crippen molar-refractivity contribution in [1.29, 1.82) is 0 Å². The topological polar surface area (TPSA) is 83.8 Å². The molecule has 0 atom stereocenters. The van der Waals surface area contributed by atoms with Gasteiger partial charge in [-0.15, -0.1) is 0 Å². The van der Waals surface area contributed by atoms with Crippen molar-refractivity contribution in [2.24, 2.45) is 5.73 Å². The molecule has 0 amide bonds. The number of nitrogens with two attached hydrogens (primary N) is 1. The van der Waals surface area contributed by atoms with Crippen molar-refractivity contribution in [3.05, 3.63) is 22.2 Å². The SMILES string of the molecule is CCc1nc(NCC(C)(C)N)cc(=O)[nH]1. The zero-order chi connectivity index (χ0) is 11.5. The van der Waals surface area contributed by atoms with Crippen molar-refractivity contribution >= 4 is 5.82 Å². The minimum Gasteiger partial charge on any atom is -0.368 e. The molecule has 5 heteroatoms. The van der Waals surface area contributed by atoms with Gasteiger partial charge in [0.05, 0.1) is 0 Å². The molecule has 0 spiro atoms. The van der Waals surface area contributed by atoms with Crippen LogP contribution in [0.3, 0.4) is 0 Å². The third-order valence-electron chi connectivity index (χ3n) is 1.85. The summed E-state index contributed by atoms with van der Waals surface area (Å²) >= 11 is 0. The number of nitrogens with zero attached hydrogens (tertiary/aromatic N) is 1. The van der Waals surface area contributed by atoms with Crippen molar-refractivity contribution in [3.8, 4) is 0 Å². The number of nitrogens with one attached hydrogen (secondary N) is 2. The van der Waals surface area contributed by atoms with Gasteiger partial charge >= 0.3 is 0 Å². The van der Waals surface area contributed by atoms with Gasteiger partial charge < -0.3 is 16.0 Å². The third-order valence-corrected chi connectivity index (χ3v) is 1.85. The molecular formula is C10H18N4O. The lowest BCUT2D eigenvalue weighted by molar-refractivity contribution is 0.548. The van der Waals surface area contributed by atoms with Crippen LogP contribution in [0.1, 0.15) is 26.6 Å². The summed E-state index contributed by atoms with van der Waals surface area (Å²) in [5.41, 5.74) is 5.35. The van der Waals surface area contributed by atoms with Gasteiger partial charge in [0, 0.05) is 24.6 Å². The van der Waals surface area contributed by atoms with Crippen LogP contribution in [0.2, 0.25) is 0 Å². The number of rotatable bonds is 4. The molecule has 0 fully saturated rings. The number of aromatic amines is 1. The quantitative estimate of drug-likeness (QED) is 0.675. The second-order valence-corrected chi connectivity index (χ2v) is 4.27. The molecule has 0 bridgehead atoms. The summed E-state index contributed by atoms with van der Waals surface area (Å²) in [5, 5.41) is 3.04. The number of H-pyrrole nitrogens is 1. The van der Waals surface area contributed by atoms with Gasteiger partial charge in [-0.25, -0.2) is 4.98 Å². The third kappa shape index (κ3) is 4.12. The minimum atomic E-state index is -0.323. The Hall–Kier alpha value is -1.36. The molecule has 1 aromatic heterocycles. The zero-order valence-corrected chi connectivity index (χ0v) is 9.42. The molecule has 1 heterocycles. The van der Waals surface area contributed by atoms with Crippen molar-refractivity contribution in [2.45, 2.75) is 32.7 Å². The van der Waals surface area contributed by atoms with Crippen LogP contribution < -0.4 is 16.6 Å². The van der Waals surface area contributed by atoms with Gasteiger partial charge in [-0.2, -0.15) is 0 Å². The van der Waals surface area contributed by atoms with Crippen LogP contribution in [-0.4, -0.2) is 22.1 Å². The Kier molecular flexibility index (Phi) is 3.47. The Balaban J connectivity index is 2.77. The Morgan fingerprint density at radius 3 is 2.80 bits per heavy atom. The summed E-state index contributed by atoms with van der Waals surface area (Å²) in [5.74, 6) is 1.26. The standard InChI is InChI=1S/C10H18N4O/c1-4-7-13-8(5-9(15)14-7)12-6-10(2,3)11/h5H,4,6,11H2,1-3H3,(H2,12,13,14,15). The highest BCUT2D eigenvalue weighted by Crippen LogP contribution is 2.02. The fraction of sp³-hybridized carbons (Fsp3) is 0.600. The largest absolute Gasteiger partial charge is 0.368 e. The van der Waals surface area contributed by atoms with E-state index in [9.17, 15) is 4.79 Å². The first-order chi connectivity index (χ1) is 6.90. The lowest BCUT2D eigenvalue weighted by Crippen LogP contribution is -2.40. The number of hydrogen-bond acceptors (Lipinski definition) is 4. The molecule has 1 aromatic rings. The maximum atomic E-state index is 11.2. The van der Waals surface area contributed by atoms with E-state index in [1.54, 1.807) is 0 Å². The first-order valence-electron chi connectivity index (χ1n) is 5.04. The van der Waals surface area contributed by atoms with Crippen molar-refractivity contribution < 1.29 is 0 Å². The fourth-order valence-corrected chi connectivity index (χ4v) is 1.08. The molecule has 1 rings (SSSR count). The highest BCUT2D eigenvalue weighted by molar-refractivity contribution is 5.33. The van der Waals surface area contributed by atoms with Crippen LogP contribution in [0, 0.1) is 0 Å². The van der Waals surface area contributed by atoms with Gasteiger partial charge in [0.1, 0.15) is 11.6 Å². The molecule has 5 nitrogen and oxygen atoms in total. The highest BCUT2D eigenvalue weighted by Gasteiger charge is 2.10. The van der Waals surface area contributed by atoms with E-state index in [-0.39, 0.29) is 11.1 Å². The first kappa shape index (κ1) is 11.7. The molecule has 15 heavy (non-hydrogen) atoms. The Labute approximate surface area is 89.1 Å². The summed E-state index contributed by atoms with van der Waals surface area (Å²) in [6.45, 7) is 6.34. The van der Waals surface area contributed by atoms with Crippen molar-refractivity contribution in [1.82, 2.24) is 9.97 Å². The lowest BCUT2D eigenvalue weighted by Gasteiger charge is -2.19. The average molecular weight is 210 g/mol. The lowest BCUT2D eigenvalue weighted by atomic mass is 10.1. The molecule has 0 aliphatic carbocycles. The van der Waals surface area contributed by atoms with Crippen LogP contribution in [-0.2, 0) is 6.42 Å². The second-order valence-electron chi connectivity index (χ2n) is 4.27. The Morgan fingerprint density at radius 1 is 1.60 bits per heavy atom. The zero-order valence-electron chi connectivity index (χ0n) is 9.42. The summed E-state index contributed by atoms with van der Waals surface area (Å²) in [7, 11) is 0. The number of aryl methyl sites for hydroxylation is 1. The van der Waals surface area contributed by atoms with E-state index in [4.69, 9.17) is 5.73 Å². The van der Waals surface area contributed by atoms with E-state index in [0.29, 0.717) is 24.6 Å². The van der Waals surface area contributed by atoms with E-state index >= 15 is 0 Å². The number of hydrogen-bond donors (Lipinski definition) is 3. The highest BCUT2D eigenvalue weighted by atomic mass is 16.1. The molecule has 4 N–H and O–H groups in total. The first-order valence-corrected chi connectivity index (χ1v) is 5.04. The maximum absolute atomic E-state index is 11.2. The Morgan fingerprint density at radius 2 is 2.27 bits per heavy atom. The van der Waals surface area contributed by atoms with Crippen molar-refractivity contribution in [2.75, 3.05) is 11.9 Å². The molecule has 0 saturated heterocycles. The molecule has 0 radical (unpaired) electrons. The van der Waals surface area contributed by atoms with E-state index < -0.39 is 0 Å². The van der Waals surface area contributed by atoms with Crippen LogP contribution in [0.15, 0.2) is 10.9 Å².